The van der Waals surface area contributed by atoms with E-state index in [0.29, 0.717) is 28.6 Å². The minimum absolute atomic E-state index is 0.152. The fourth-order valence-corrected chi connectivity index (χ4v) is 4.35. The number of hydrogen-bond acceptors (Lipinski definition) is 4. The van der Waals surface area contributed by atoms with Crippen molar-refractivity contribution in [2.45, 2.75) is 19.9 Å². The standard InChI is InChI=1S/C20H20ClNO4S/c1-3-26-18-8-5-15(6-9-18)20(23)22(17-10-11-27(24,25)13-17)16-7-4-14(2)19(21)12-16/h4-12,17H,3,13H2,1-2H3. The first-order chi connectivity index (χ1) is 12.8. The van der Waals surface area contributed by atoms with E-state index in [1.807, 2.05) is 19.9 Å². The normalized spacial score (nSPS) is 17.7. The van der Waals surface area contributed by atoms with Gasteiger partial charge >= 0.3 is 0 Å². The summed E-state index contributed by atoms with van der Waals surface area (Å²) in [4.78, 5) is 14.7. The van der Waals surface area contributed by atoms with Crippen LogP contribution >= 0.6 is 11.6 Å². The van der Waals surface area contributed by atoms with Crippen molar-refractivity contribution in [1.29, 1.82) is 0 Å². The van der Waals surface area contributed by atoms with Gasteiger partial charge in [-0.3, -0.25) is 4.79 Å². The quantitative estimate of drug-likeness (QED) is 0.754. The SMILES string of the molecule is CCOc1ccc(C(=O)N(c2ccc(C)c(Cl)c2)C2C=CS(=O)(=O)C2)cc1. The van der Waals surface area contributed by atoms with Crippen molar-refractivity contribution in [3.8, 4) is 5.75 Å². The Hall–Kier alpha value is -2.31. The average molecular weight is 406 g/mol. The van der Waals surface area contributed by atoms with Gasteiger partial charge in [0.1, 0.15) is 5.75 Å². The van der Waals surface area contributed by atoms with Crippen molar-refractivity contribution in [3.05, 3.63) is 70.1 Å². The molecular formula is C20H20ClNO4S. The van der Waals surface area contributed by atoms with Gasteiger partial charge in [0.05, 0.1) is 18.4 Å². The summed E-state index contributed by atoms with van der Waals surface area (Å²) in [6.45, 7) is 4.28. The summed E-state index contributed by atoms with van der Waals surface area (Å²) in [7, 11) is -3.32. The van der Waals surface area contributed by atoms with Gasteiger partial charge in [0.2, 0.25) is 0 Å². The van der Waals surface area contributed by atoms with Crippen molar-refractivity contribution >= 4 is 33.0 Å². The highest BCUT2D eigenvalue weighted by Gasteiger charge is 2.32. The molecule has 3 rings (SSSR count). The van der Waals surface area contributed by atoms with Crippen LogP contribution < -0.4 is 9.64 Å². The second-order valence-corrected chi connectivity index (χ2v) is 8.63. The highest BCUT2D eigenvalue weighted by molar-refractivity contribution is 7.94. The Labute approximate surface area is 164 Å². The van der Waals surface area contributed by atoms with Crippen LogP contribution in [0, 0.1) is 6.92 Å². The monoisotopic (exact) mass is 405 g/mol. The fraction of sp³-hybridized carbons (Fsp3) is 0.250. The van der Waals surface area contributed by atoms with Gasteiger partial charge in [-0.1, -0.05) is 17.7 Å². The molecule has 0 saturated carbocycles. The van der Waals surface area contributed by atoms with Gasteiger partial charge in [-0.2, -0.15) is 0 Å². The van der Waals surface area contributed by atoms with E-state index >= 15 is 0 Å². The molecule has 1 atom stereocenters. The maximum Gasteiger partial charge on any atom is 0.258 e. The molecule has 2 aromatic rings. The topological polar surface area (TPSA) is 63.7 Å². The zero-order valence-corrected chi connectivity index (χ0v) is 16.6. The van der Waals surface area contributed by atoms with Crippen molar-refractivity contribution in [1.82, 2.24) is 0 Å². The Morgan fingerprint density at radius 3 is 2.48 bits per heavy atom. The van der Waals surface area contributed by atoms with Crippen LogP contribution in [0.1, 0.15) is 22.8 Å². The number of aryl methyl sites for hydroxylation is 1. The Bertz CT molecular complexity index is 984. The van der Waals surface area contributed by atoms with Crippen LogP contribution in [-0.2, 0) is 9.84 Å². The molecular weight excluding hydrogens is 386 g/mol. The van der Waals surface area contributed by atoms with Gasteiger partial charge in [0, 0.05) is 21.7 Å². The lowest BCUT2D eigenvalue weighted by Gasteiger charge is -2.28. The van der Waals surface area contributed by atoms with Crippen LogP contribution in [0.2, 0.25) is 5.02 Å². The lowest BCUT2D eigenvalue weighted by atomic mass is 10.1. The number of carbonyl (C=O) groups excluding carboxylic acids is 1. The van der Waals surface area contributed by atoms with E-state index in [1.54, 1.807) is 36.4 Å². The fourth-order valence-electron chi connectivity index (χ4n) is 2.91. The number of ether oxygens (including phenoxy) is 1. The summed E-state index contributed by atoms with van der Waals surface area (Å²) in [5.74, 6) is 0.216. The van der Waals surface area contributed by atoms with E-state index in [-0.39, 0.29) is 11.7 Å². The summed E-state index contributed by atoms with van der Waals surface area (Å²) in [6, 6.07) is 11.5. The molecule has 1 aliphatic rings. The van der Waals surface area contributed by atoms with E-state index in [1.165, 1.54) is 11.0 Å². The Kier molecular flexibility index (Phi) is 5.58. The number of carbonyl (C=O) groups is 1. The molecule has 0 saturated heterocycles. The highest BCUT2D eigenvalue weighted by Crippen LogP contribution is 2.29. The zero-order valence-electron chi connectivity index (χ0n) is 15.1. The van der Waals surface area contributed by atoms with Gasteiger partial charge in [-0.15, -0.1) is 0 Å². The lowest BCUT2D eigenvalue weighted by Crippen LogP contribution is -2.41. The Balaban J connectivity index is 1.99. The van der Waals surface area contributed by atoms with Crippen LogP contribution in [0.15, 0.2) is 53.9 Å². The molecule has 0 bridgehead atoms. The molecule has 5 nitrogen and oxygen atoms in total. The van der Waals surface area contributed by atoms with E-state index < -0.39 is 15.9 Å². The predicted molar refractivity (Wildman–Crippen MR) is 107 cm³/mol. The maximum atomic E-state index is 13.2. The summed E-state index contributed by atoms with van der Waals surface area (Å²) < 4.78 is 29.2. The summed E-state index contributed by atoms with van der Waals surface area (Å²) >= 11 is 6.24. The average Bonchev–Trinajstić information content (AvgIpc) is 2.98. The first-order valence-corrected chi connectivity index (χ1v) is 10.6. The van der Waals surface area contributed by atoms with E-state index in [0.717, 1.165) is 11.0 Å². The van der Waals surface area contributed by atoms with Crippen molar-refractivity contribution in [2.24, 2.45) is 0 Å². The van der Waals surface area contributed by atoms with Crippen molar-refractivity contribution in [2.75, 3.05) is 17.3 Å². The highest BCUT2D eigenvalue weighted by atomic mass is 35.5. The first-order valence-electron chi connectivity index (χ1n) is 8.54. The number of anilines is 1. The second-order valence-electron chi connectivity index (χ2n) is 6.29. The van der Waals surface area contributed by atoms with Gasteiger partial charge in [0.25, 0.3) is 5.91 Å². The van der Waals surface area contributed by atoms with Crippen LogP contribution in [0.25, 0.3) is 0 Å². The number of rotatable bonds is 5. The van der Waals surface area contributed by atoms with E-state index in [2.05, 4.69) is 0 Å². The molecule has 1 heterocycles. The largest absolute Gasteiger partial charge is 0.494 e. The number of halogens is 1. The third kappa shape index (κ3) is 4.34. The van der Waals surface area contributed by atoms with Gasteiger partial charge in [-0.25, -0.2) is 8.42 Å². The Morgan fingerprint density at radius 2 is 1.93 bits per heavy atom. The van der Waals surface area contributed by atoms with E-state index in [9.17, 15) is 13.2 Å². The third-order valence-corrected chi connectivity index (χ3v) is 6.09. The number of sulfone groups is 1. The molecule has 1 aliphatic heterocycles. The lowest BCUT2D eigenvalue weighted by molar-refractivity contribution is 0.0983. The first kappa shape index (κ1) is 19.5. The summed E-state index contributed by atoms with van der Waals surface area (Å²) in [5.41, 5.74) is 1.87. The molecule has 1 unspecified atom stereocenters. The molecule has 0 aromatic heterocycles. The van der Waals surface area contributed by atoms with Gasteiger partial charge < -0.3 is 9.64 Å². The molecule has 142 valence electrons. The van der Waals surface area contributed by atoms with Crippen LogP contribution in [0.3, 0.4) is 0 Å². The molecule has 0 aliphatic carbocycles. The summed E-state index contributed by atoms with van der Waals surface area (Å²) in [5, 5.41) is 1.67. The third-order valence-electron chi connectivity index (χ3n) is 4.31. The second kappa shape index (κ2) is 7.74. The molecule has 1 amide bonds. The molecule has 0 N–H and O–H groups in total. The zero-order chi connectivity index (χ0) is 19.6. The van der Waals surface area contributed by atoms with Crippen molar-refractivity contribution in [3.63, 3.8) is 0 Å². The van der Waals surface area contributed by atoms with Crippen LogP contribution in [0.4, 0.5) is 5.69 Å². The number of nitrogens with zero attached hydrogens (tertiary/aromatic N) is 1. The van der Waals surface area contributed by atoms with Gasteiger partial charge in [-0.05, 0) is 61.9 Å². The Morgan fingerprint density at radius 1 is 1.22 bits per heavy atom. The number of hydrogen-bond donors (Lipinski definition) is 0. The van der Waals surface area contributed by atoms with Crippen molar-refractivity contribution < 1.29 is 17.9 Å². The number of benzene rings is 2. The smallest absolute Gasteiger partial charge is 0.258 e. The molecule has 7 heteroatoms. The number of amides is 1. The molecule has 2 aromatic carbocycles. The molecule has 27 heavy (non-hydrogen) atoms. The van der Waals surface area contributed by atoms with E-state index in [4.69, 9.17) is 16.3 Å². The minimum atomic E-state index is -3.32. The molecule has 0 fully saturated rings. The summed E-state index contributed by atoms with van der Waals surface area (Å²) in [6.07, 6.45) is 1.54. The van der Waals surface area contributed by atoms with Crippen LogP contribution in [-0.4, -0.2) is 32.7 Å². The minimum Gasteiger partial charge on any atom is -0.494 e. The maximum absolute atomic E-state index is 13.2. The molecule has 0 radical (unpaired) electrons. The molecule has 0 spiro atoms. The predicted octanol–water partition coefficient (Wildman–Crippen LogP) is 4.00. The van der Waals surface area contributed by atoms with Gasteiger partial charge in [0.15, 0.2) is 9.84 Å². The van der Waals surface area contributed by atoms with Crippen LogP contribution in [0.5, 0.6) is 5.75 Å².